The van der Waals surface area contributed by atoms with Crippen LogP contribution in [0.15, 0.2) is 29.9 Å². The summed E-state index contributed by atoms with van der Waals surface area (Å²) in [7, 11) is 0. The molecule has 21 heavy (non-hydrogen) atoms. The molecule has 4 nitrogen and oxygen atoms in total. The lowest BCUT2D eigenvalue weighted by Crippen LogP contribution is -2.24. The van der Waals surface area contributed by atoms with Crippen molar-refractivity contribution in [2.45, 2.75) is 20.8 Å². The van der Waals surface area contributed by atoms with Crippen LogP contribution in [0.3, 0.4) is 0 Å². The van der Waals surface area contributed by atoms with Gasteiger partial charge in [-0.15, -0.1) is 11.3 Å². The maximum absolute atomic E-state index is 12.0. The minimum absolute atomic E-state index is 0.0557. The lowest BCUT2D eigenvalue weighted by molar-refractivity contribution is 0.0954. The van der Waals surface area contributed by atoms with E-state index in [1.807, 2.05) is 32.9 Å². The highest BCUT2D eigenvalue weighted by atomic mass is 32.1. The summed E-state index contributed by atoms with van der Waals surface area (Å²) in [5.41, 5.74) is 1.32. The third kappa shape index (κ3) is 4.69. The molecule has 2 aromatic heterocycles. The van der Waals surface area contributed by atoms with Gasteiger partial charge in [0.15, 0.2) is 0 Å². The van der Waals surface area contributed by atoms with Gasteiger partial charge in [0, 0.05) is 28.8 Å². The van der Waals surface area contributed by atoms with Crippen LogP contribution in [0.4, 0.5) is 0 Å². The number of rotatable bonds is 3. The standard InChI is InChI=1S/C16H17N3OS/c1-16(2,3)7-4-8-18-14(20)13-11-21-15(19-13)12-5-9-17-10-6-12/h5-6,9-11H,8H2,1-3H3,(H,18,20). The Morgan fingerprint density at radius 3 is 2.71 bits per heavy atom. The first kappa shape index (κ1) is 15.2. The van der Waals surface area contributed by atoms with Gasteiger partial charge in [0.2, 0.25) is 0 Å². The van der Waals surface area contributed by atoms with Gasteiger partial charge in [-0.05, 0) is 32.9 Å². The summed E-state index contributed by atoms with van der Waals surface area (Å²) in [6.07, 6.45) is 3.41. The molecule has 0 aromatic carbocycles. The first-order valence-corrected chi connectivity index (χ1v) is 7.48. The molecule has 0 unspecified atom stereocenters. The maximum Gasteiger partial charge on any atom is 0.271 e. The Hall–Kier alpha value is -2.19. The fourth-order valence-electron chi connectivity index (χ4n) is 1.53. The van der Waals surface area contributed by atoms with Crippen molar-refractivity contribution in [2.75, 3.05) is 6.54 Å². The molecule has 0 aliphatic rings. The van der Waals surface area contributed by atoms with Gasteiger partial charge < -0.3 is 5.32 Å². The van der Waals surface area contributed by atoms with Gasteiger partial charge in [-0.25, -0.2) is 4.98 Å². The molecule has 0 aliphatic heterocycles. The third-order valence-electron chi connectivity index (χ3n) is 2.46. The molecule has 0 saturated heterocycles. The predicted molar refractivity (Wildman–Crippen MR) is 84.9 cm³/mol. The number of nitrogens with zero attached hydrogens (tertiary/aromatic N) is 2. The monoisotopic (exact) mass is 299 g/mol. The molecule has 2 heterocycles. The smallest absolute Gasteiger partial charge is 0.271 e. The van der Waals surface area contributed by atoms with E-state index in [9.17, 15) is 4.79 Å². The summed E-state index contributed by atoms with van der Waals surface area (Å²) in [4.78, 5) is 20.3. The molecule has 0 fully saturated rings. The van der Waals surface area contributed by atoms with Gasteiger partial charge in [0.25, 0.3) is 5.91 Å². The van der Waals surface area contributed by atoms with Crippen molar-refractivity contribution in [3.05, 3.63) is 35.6 Å². The van der Waals surface area contributed by atoms with E-state index in [0.717, 1.165) is 10.6 Å². The summed E-state index contributed by atoms with van der Waals surface area (Å²) >= 11 is 1.44. The normalized spacial score (nSPS) is 10.6. The Balaban J connectivity index is 1.98. The van der Waals surface area contributed by atoms with E-state index in [4.69, 9.17) is 0 Å². The fourth-order valence-corrected chi connectivity index (χ4v) is 2.34. The summed E-state index contributed by atoms with van der Waals surface area (Å²) < 4.78 is 0. The van der Waals surface area contributed by atoms with Crippen LogP contribution in [0.5, 0.6) is 0 Å². The van der Waals surface area contributed by atoms with Crippen LogP contribution in [0.25, 0.3) is 10.6 Å². The zero-order valence-electron chi connectivity index (χ0n) is 12.3. The van der Waals surface area contributed by atoms with Crippen LogP contribution >= 0.6 is 11.3 Å². The highest BCUT2D eigenvalue weighted by Gasteiger charge is 2.11. The van der Waals surface area contributed by atoms with E-state index in [-0.39, 0.29) is 11.3 Å². The molecule has 0 saturated carbocycles. The maximum atomic E-state index is 12.0. The largest absolute Gasteiger partial charge is 0.340 e. The Kier molecular flexibility index (Phi) is 4.71. The van der Waals surface area contributed by atoms with E-state index in [2.05, 4.69) is 27.1 Å². The van der Waals surface area contributed by atoms with Gasteiger partial charge in [-0.1, -0.05) is 11.8 Å². The molecular formula is C16H17N3OS. The van der Waals surface area contributed by atoms with Crippen LogP contribution in [0, 0.1) is 17.3 Å². The zero-order chi connectivity index (χ0) is 15.3. The number of hydrogen-bond acceptors (Lipinski definition) is 4. The first-order valence-electron chi connectivity index (χ1n) is 6.60. The molecule has 108 valence electrons. The van der Waals surface area contributed by atoms with Crippen molar-refractivity contribution in [3.63, 3.8) is 0 Å². The second kappa shape index (κ2) is 6.51. The number of carbonyl (C=O) groups is 1. The highest BCUT2D eigenvalue weighted by Crippen LogP contribution is 2.22. The fraction of sp³-hybridized carbons (Fsp3) is 0.312. The van der Waals surface area contributed by atoms with Crippen LogP contribution in [0.1, 0.15) is 31.3 Å². The number of thiazole rings is 1. The van der Waals surface area contributed by atoms with Crippen LogP contribution < -0.4 is 5.32 Å². The topological polar surface area (TPSA) is 54.9 Å². The van der Waals surface area contributed by atoms with Gasteiger partial charge >= 0.3 is 0 Å². The number of aromatic nitrogens is 2. The molecule has 0 atom stereocenters. The molecular weight excluding hydrogens is 282 g/mol. The number of hydrogen-bond donors (Lipinski definition) is 1. The summed E-state index contributed by atoms with van der Waals surface area (Å²) in [5, 5.41) is 5.32. The zero-order valence-corrected chi connectivity index (χ0v) is 13.1. The Morgan fingerprint density at radius 2 is 2.05 bits per heavy atom. The van der Waals surface area contributed by atoms with E-state index >= 15 is 0 Å². The number of pyridine rings is 1. The summed E-state index contributed by atoms with van der Waals surface area (Å²) in [6.45, 7) is 6.42. The Morgan fingerprint density at radius 1 is 1.33 bits per heavy atom. The summed E-state index contributed by atoms with van der Waals surface area (Å²) in [5.74, 6) is 5.82. The second-order valence-corrected chi connectivity index (χ2v) is 6.37. The van der Waals surface area contributed by atoms with Gasteiger partial charge in [0.05, 0.1) is 6.54 Å². The molecule has 2 aromatic rings. The van der Waals surface area contributed by atoms with E-state index in [1.165, 1.54) is 11.3 Å². The van der Waals surface area contributed by atoms with Gasteiger partial charge in [-0.3, -0.25) is 9.78 Å². The van der Waals surface area contributed by atoms with Gasteiger partial charge in [0.1, 0.15) is 10.7 Å². The van der Waals surface area contributed by atoms with Crippen LogP contribution in [-0.4, -0.2) is 22.4 Å². The van der Waals surface area contributed by atoms with Crippen molar-refractivity contribution in [3.8, 4) is 22.4 Å². The molecule has 1 amide bonds. The minimum Gasteiger partial charge on any atom is -0.340 e. The highest BCUT2D eigenvalue weighted by molar-refractivity contribution is 7.13. The number of amides is 1. The molecule has 2 rings (SSSR count). The number of carbonyl (C=O) groups excluding carboxylic acids is 1. The first-order chi connectivity index (χ1) is 9.96. The van der Waals surface area contributed by atoms with Crippen LogP contribution in [0.2, 0.25) is 0 Å². The molecule has 0 aliphatic carbocycles. The SMILES string of the molecule is CC(C)(C)C#CCNC(=O)c1csc(-c2ccncc2)n1. The molecule has 5 heteroatoms. The third-order valence-corrected chi connectivity index (χ3v) is 3.36. The van der Waals surface area contributed by atoms with Crippen molar-refractivity contribution in [2.24, 2.45) is 5.41 Å². The van der Waals surface area contributed by atoms with Gasteiger partial charge in [-0.2, -0.15) is 0 Å². The Bertz CT molecular complexity index is 675. The summed E-state index contributed by atoms with van der Waals surface area (Å²) in [6, 6.07) is 3.74. The van der Waals surface area contributed by atoms with Crippen molar-refractivity contribution >= 4 is 17.2 Å². The lowest BCUT2D eigenvalue weighted by Gasteiger charge is -2.06. The molecule has 1 N–H and O–H groups in total. The predicted octanol–water partition coefficient (Wildman–Crippen LogP) is 2.98. The van der Waals surface area contributed by atoms with E-state index < -0.39 is 0 Å². The van der Waals surface area contributed by atoms with E-state index in [1.54, 1.807) is 17.8 Å². The van der Waals surface area contributed by atoms with Crippen molar-refractivity contribution in [1.82, 2.24) is 15.3 Å². The minimum atomic E-state index is -0.199. The quantitative estimate of drug-likeness (QED) is 0.886. The molecule has 0 radical (unpaired) electrons. The number of nitrogens with one attached hydrogen (secondary N) is 1. The average molecular weight is 299 g/mol. The van der Waals surface area contributed by atoms with E-state index in [0.29, 0.717) is 12.2 Å². The van der Waals surface area contributed by atoms with Crippen LogP contribution in [-0.2, 0) is 0 Å². The average Bonchev–Trinajstić information content (AvgIpc) is 2.93. The lowest BCUT2D eigenvalue weighted by atomic mass is 9.98. The van der Waals surface area contributed by atoms with Crippen molar-refractivity contribution in [1.29, 1.82) is 0 Å². The van der Waals surface area contributed by atoms with Crippen molar-refractivity contribution < 1.29 is 4.79 Å². The second-order valence-electron chi connectivity index (χ2n) is 5.51. The Labute approximate surface area is 128 Å². The molecule has 0 bridgehead atoms. The molecule has 0 spiro atoms.